The number of carbonyl (C=O) groups is 2. The Morgan fingerprint density at radius 1 is 0.969 bits per heavy atom. The number of rotatable bonds is 8. The van der Waals surface area contributed by atoms with Crippen molar-refractivity contribution in [2.45, 2.75) is 13.0 Å². The maximum absolute atomic E-state index is 12.6. The van der Waals surface area contributed by atoms with E-state index in [1.807, 2.05) is 53.2 Å². The molecule has 8 heteroatoms. The fraction of sp³-hybridized carbons (Fsp3) is 0.333. The lowest BCUT2D eigenvalue weighted by molar-refractivity contribution is -0.129. The average molecular weight is 439 g/mol. The fourth-order valence-electron chi connectivity index (χ4n) is 3.36. The topological polar surface area (TPSA) is 76.0 Å². The molecule has 32 heavy (non-hydrogen) atoms. The molecule has 1 aromatic heterocycles. The first-order valence-corrected chi connectivity index (χ1v) is 10.3. The first-order chi connectivity index (χ1) is 15.3. The summed E-state index contributed by atoms with van der Waals surface area (Å²) in [5, 5.41) is 3.90. The minimum absolute atomic E-state index is 0.0241. The smallest absolute Gasteiger partial charge is 0.321 e. The normalized spacial score (nSPS) is 10.7. The highest BCUT2D eigenvalue weighted by molar-refractivity contribution is 5.93. The number of aromatic nitrogens is 1. The quantitative estimate of drug-likeness (QED) is 0.585. The van der Waals surface area contributed by atoms with Crippen LogP contribution >= 0.6 is 0 Å². The van der Waals surface area contributed by atoms with E-state index in [4.69, 9.17) is 9.47 Å². The molecule has 3 aromatic rings. The van der Waals surface area contributed by atoms with Crippen LogP contribution in [0.3, 0.4) is 0 Å². The summed E-state index contributed by atoms with van der Waals surface area (Å²) in [6.07, 6.45) is 2.57. The van der Waals surface area contributed by atoms with Gasteiger partial charge >= 0.3 is 6.03 Å². The fourth-order valence-corrected chi connectivity index (χ4v) is 3.36. The SMILES string of the molecule is COc1ccc(CCN(C)C(=O)Nc2ccc3c(ccn3CC(=O)N(C)C)c2)cc1OC. The van der Waals surface area contributed by atoms with E-state index in [9.17, 15) is 9.59 Å². The van der Waals surface area contributed by atoms with Crippen molar-refractivity contribution in [3.05, 3.63) is 54.2 Å². The number of likely N-dealkylation sites (N-methyl/N-ethyl adjacent to an activating group) is 2. The molecule has 2 aromatic carbocycles. The van der Waals surface area contributed by atoms with Gasteiger partial charge in [-0.1, -0.05) is 6.07 Å². The Labute approximate surface area is 188 Å². The van der Waals surface area contributed by atoms with Crippen LogP contribution in [-0.2, 0) is 17.8 Å². The number of ether oxygens (including phenoxy) is 2. The van der Waals surface area contributed by atoms with Crippen LogP contribution in [0.25, 0.3) is 10.9 Å². The van der Waals surface area contributed by atoms with Crippen LogP contribution in [0.5, 0.6) is 11.5 Å². The molecule has 3 amide bonds. The second-order valence-corrected chi connectivity index (χ2v) is 7.80. The van der Waals surface area contributed by atoms with Gasteiger partial charge in [-0.25, -0.2) is 4.79 Å². The number of urea groups is 1. The molecule has 0 aliphatic rings. The van der Waals surface area contributed by atoms with Crippen molar-refractivity contribution in [2.24, 2.45) is 0 Å². The molecule has 0 saturated carbocycles. The Kier molecular flexibility index (Phi) is 7.25. The predicted octanol–water partition coefficient (Wildman–Crippen LogP) is 3.45. The van der Waals surface area contributed by atoms with Crippen molar-refractivity contribution in [1.29, 1.82) is 0 Å². The largest absolute Gasteiger partial charge is 0.493 e. The van der Waals surface area contributed by atoms with E-state index in [0.717, 1.165) is 16.5 Å². The number of hydrogen-bond acceptors (Lipinski definition) is 4. The Morgan fingerprint density at radius 2 is 1.72 bits per heavy atom. The van der Waals surface area contributed by atoms with Crippen molar-refractivity contribution in [1.82, 2.24) is 14.4 Å². The number of methoxy groups -OCH3 is 2. The number of benzene rings is 2. The minimum atomic E-state index is -0.188. The molecule has 8 nitrogen and oxygen atoms in total. The van der Waals surface area contributed by atoms with Crippen molar-refractivity contribution in [3.63, 3.8) is 0 Å². The molecule has 0 unspecified atom stereocenters. The van der Waals surface area contributed by atoms with Crippen LogP contribution in [0.4, 0.5) is 10.5 Å². The van der Waals surface area contributed by atoms with Gasteiger partial charge in [-0.05, 0) is 48.4 Å². The van der Waals surface area contributed by atoms with E-state index >= 15 is 0 Å². The van der Waals surface area contributed by atoms with Gasteiger partial charge in [0.25, 0.3) is 0 Å². The number of nitrogens with one attached hydrogen (secondary N) is 1. The van der Waals surface area contributed by atoms with Crippen molar-refractivity contribution >= 4 is 28.5 Å². The molecule has 0 aliphatic heterocycles. The van der Waals surface area contributed by atoms with Gasteiger partial charge in [-0.2, -0.15) is 0 Å². The molecule has 0 atom stereocenters. The first-order valence-electron chi connectivity index (χ1n) is 10.3. The number of amides is 3. The first kappa shape index (κ1) is 23.0. The molecule has 0 bridgehead atoms. The zero-order valence-corrected chi connectivity index (χ0v) is 19.2. The van der Waals surface area contributed by atoms with Gasteiger partial charge in [-0.15, -0.1) is 0 Å². The minimum Gasteiger partial charge on any atom is -0.493 e. The van der Waals surface area contributed by atoms with E-state index in [0.29, 0.717) is 30.2 Å². The number of nitrogens with zero attached hydrogens (tertiary/aromatic N) is 3. The summed E-state index contributed by atoms with van der Waals surface area (Å²) in [5.74, 6) is 1.37. The zero-order valence-electron chi connectivity index (χ0n) is 19.2. The monoisotopic (exact) mass is 438 g/mol. The highest BCUT2D eigenvalue weighted by Gasteiger charge is 2.12. The third kappa shape index (κ3) is 5.32. The van der Waals surface area contributed by atoms with Crippen LogP contribution in [0.15, 0.2) is 48.7 Å². The average Bonchev–Trinajstić information content (AvgIpc) is 3.18. The van der Waals surface area contributed by atoms with Gasteiger partial charge in [-0.3, -0.25) is 4.79 Å². The summed E-state index contributed by atoms with van der Waals surface area (Å²) < 4.78 is 12.5. The molecule has 0 saturated heterocycles. The molecule has 3 rings (SSSR count). The molecular weight excluding hydrogens is 408 g/mol. The van der Waals surface area contributed by atoms with Crippen molar-refractivity contribution in [2.75, 3.05) is 47.2 Å². The molecular formula is C24H30N4O4. The van der Waals surface area contributed by atoms with Gasteiger partial charge in [0.2, 0.25) is 5.91 Å². The third-order valence-corrected chi connectivity index (χ3v) is 5.36. The maximum Gasteiger partial charge on any atom is 0.321 e. The highest BCUT2D eigenvalue weighted by Crippen LogP contribution is 2.27. The summed E-state index contributed by atoms with van der Waals surface area (Å²) in [6.45, 7) is 0.827. The Balaban J connectivity index is 1.60. The second-order valence-electron chi connectivity index (χ2n) is 7.80. The second kappa shape index (κ2) is 10.1. The van der Waals surface area contributed by atoms with E-state index in [-0.39, 0.29) is 18.5 Å². The van der Waals surface area contributed by atoms with Gasteiger partial charge in [0.05, 0.1) is 14.2 Å². The number of hydrogen-bond donors (Lipinski definition) is 1. The summed E-state index contributed by atoms with van der Waals surface area (Å²) in [4.78, 5) is 27.8. The Bertz CT molecular complexity index is 1110. The predicted molar refractivity (Wildman–Crippen MR) is 126 cm³/mol. The van der Waals surface area contributed by atoms with E-state index in [1.165, 1.54) is 0 Å². The van der Waals surface area contributed by atoms with Crippen LogP contribution in [0.1, 0.15) is 5.56 Å². The van der Waals surface area contributed by atoms with Gasteiger partial charge in [0, 0.05) is 50.5 Å². The number of anilines is 1. The van der Waals surface area contributed by atoms with Crippen molar-refractivity contribution in [3.8, 4) is 11.5 Å². The van der Waals surface area contributed by atoms with E-state index in [1.54, 1.807) is 45.2 Å². The molecule has 0 radical (unpaired) electrons. The molecule has 170 valence electrons. The van der Waals surface area contributed by atoms with E-state index < -0.39 is 0 Å². The number of fused-ring (bicyclic) bond motifs is 1. The molecule has 0 aliphatic carbocycles. The lowest BCUT2D eigenvalue weighted by Gasteiger charge is -2.18. The maximum atomic E-state index is 12.6. The summed E-state index contributed by atoms with van der Waals surface area (Å²) in [7, 11) is 8.45. The number of carbonyl (C=O) groups excluding carboxylic acids is 2. The van der Waals surface area contributed by atoms with Crippen molar-refractivity contribution < 1.29 is 19.1 Å². The van der Waals surface area contributed by atoms with Gasteiger partial charge in [0.1, 0.15) is 6.54 Å². The van der Waals surface area contributed by atoms with Gasteiger partial charge < -0.3 is 29.2 Å². The standard InChI is InChI=1S/C24H30N4O4/c1-26(2)23(29)16-28-13-11-18-15-19(7-8-20(18)28)25-24(30)27(3)12-10-17-6-9-21(31-4)22(14-17)32-5/h6-9,11,13-15H,10,12,16H2,1-5H3,(H,25,30). The highest BCUT2D eigenvalue weighted by atomic mass is 16.5. The summed E-state index contributed by atoms with van der Waals surface area (Å²) in [5.41, 5.74) is 2.70. The summed E-state index contributed by atoms with van der Waals surface area (Å²) in [6, 6.07) is 13.2. The van der Waals surface area contributed by atoms with Crippen LogP contribution in [0, 0.1) is 0 Å². The van der Waals surface area contributed by atoms with Crippen LogP contribution in [0.2, 0.25) is 0 Å². The lowest BCUT2D eigenvalue weighted by Crippen LogP contribution is -2.33. The lowest BCUT2D eigenvalue weighted by atomic mass is 10.1. The third-order valence-electron chi connectivity index (χ3n) is 5.36. The van der Waals surface area contributed by atoms with Gasteiger partial charge in [0.15, 0.2) is 11.5 Å². The Morgan fingerprint density at radius 3 is 2.41 bits per heavy atom. The zero-order chi connectivity index (χ0) is 23.3. The van der Waals surface area contributed by atoms with E-state index in [2.05, 4.69) is 5.32 Å². The Hall–Kier alpha value is -3.68. The van der Waals surface area contributed by atoms with Crippen LogP contribution in [-0.4, -0.2) is 68.2 Å². The summed E-state index contributed by atoms with van der Waals surface area (Å²) >= 11 is 0. The molecule has 0 spiro atoms. The molecule has 0 fully saturated rings. The molecule has 1 heterocycles. The molecule has 1 N–H and O–H groups in total. The van der Waals surface area contributed by atoms with Crippen LogP contribution < -0.4 is 14.8 Å².